The van der Waals surface area contributed by atoms with Gasteiger partial charge >= 0.3 is 6.18 Å². The zero-order valence-corrected chi connectivity index (χ0v) is 26.0. The van der Waals surface area contributed by atoms with Crippen LogP contribution in [0.2, 0.25) is 0 Å². The Labute approximate surface area is 271 Å². The number of rotatable bonds is 8. The molecule has 6 rings (SSSR count). The van der Waals surface area contributed by atoms with Crippen LogP contribution in [0.1, 0.15) is 53.1 Å². The molecule has 7 nitrogen and oxygen atoms in total. The summed E-state index contributed by atoms with van der Waals surface area (Å²) in [5, 5.41) is 5.33. The zero-order valence-electron chi connectivity index (χ0n) is 26.0. The first-order valence-electron chi connectivity index (χ1n) is 15.3. The fourth-order valence-corrected chi connectivity index (χ4v) is 6.16. The molecular formula is C35H31F6N5O2. The van der Waals surface area contributed by atoms with Gasteiger partial charge in [0.2, 0.25) is 11.7 Å². The maximum atomic E-state index is 15.1. The third-order valence-corrected chi connectivity index (χ3v) is 8.77. The van der Waals surface area contributed by atoms with Crippen LogP contribution in [0.25, 0.3) is 27.7 Å². The number of ketones is 1. The highest BCUT2D eigenvalue weighted by Crippen LogP contribution is 2.41. The predicted molar refractivity (Wildman–Crippen MR) is 170 cm³/mol. The number of fused-ring (bicyclic) bond motifs is 2. The molecule has 250 valence electrons. The number of amides is 1. The molecule has 0 atom stereocenters. The van der Waals surface area contributed by atoms with Gasteiger partial charge in [-0.2, -0.15) is 13.2 Å². The Kier molecular flexibility index (Phi) is 8.90. The number of carbonyl (C=O) groups excluding carboxylic acids is 2. The van der Waals surface area contributed by atoms with E-state index in [9.17, 15) is 27.2 Å². The summed E-state index contributed by atoms with van der Waals surface area (Å²) in [4.78, 5) is 30.2. The largest absolute Gasteiger partial charge is 0.417 e. The number of aryl methyl sites for hydroxylation is 2. The number of imidazole rings is 1. The minimum absolute atomic E-state index is 0.0406. The molecule has 13 heteroatoms. The summed E-state index contributed by atoms with van der Waals surface area (Å²) < 4.78 is 89.2. The maximum Gasteiger partial charge on any atom is 0.417 e. The summed E-state index contributed by atoms with van der Waals surface area (Å²) in [5.41, 5.74) is -1.04. The molecule has 0 bridgehead atoms. The van der Waals surface area contributed by atoms with Gasteiger partial charge in [0.05, 0.1) is 27.8 Å². The van der Waals surface area contributed by atoms with Crippen LogP contribution >= 0.6 is 0 Å². The van der Waals surface area contributed by atoms with Gasteiger partial charge in [-0.3, -0.25) is 9.59 Å². The Morgan fingerprint density at radius 1 is 0.979 bits per heavy atom. The number of nitrogens with one attached hydrogen (secondary N) is 2. The van der Waals surface area contributed by atoms with Gasteiger partial charge in [-0.15, -0.1) is 0 Å². The molecule has 0 aliphatic heterocycles. The summed E-state index contributed by atoms with van der Waals surface area (Å²) in [7, 11) is 1.63. The SMILES string of the molecule is Cc1nc2cc(-c3cccn4c(C(=O)c5cc(F)c(NC(=O)/C=C/CNC6CCC(F)CC6)c(F)c5)ccc34)c(C(F)(F)F)cc2n1C. The molecule has 3 heterocycles. The predicted octanol–water partition coefficient (Wildman–Crippen LogP) is 7.69. The lowest BCUT2D eigenvalue weighted by molar-refractivity contribution is -0.137. The van der Waals surface area contributed by atoms with Crippen molar-refractivity contribution in [2.24, 2.45) is 7.05 Å². The fourth-order valence-electron chi connectivity index (χ4n) is 6.16. The van der Waals surface area contributed by atoms with E-state index in [1.54, 1.807) is 18.5 Å². The topological polar surface area (TPSA) is 80.4 Å². The monoisotopic (exact) mass is 667 g/mol. The number of halogens is 6. The lowest BCUT2D eigenvalue weighted by atomic mass is 9.94. The Bertz CT molecular complexity index is 2050. The molecule has 48 heavy (non-hydrogen) atoms. The van der Waals surface area contributed by atoms with E-state index in [4.69, 9.17) is 0 Å². The van der Waals surface area contributed by atoms with Crippen LogP contribution in [0.15, 0.2) is 66.9 Å². The molecule has 1 saturated carbocycles. The summed E-state index contributed by atoms with van der Waals surface area (Å²) in [5.74, 6) is -3.41. The normalized spacial score (nSPS) is 17.1. The Balaban J connectivity index is 1.24. The van der Waals surface area contributed by atoms with Gasteiger partial charge in [-0.1, -0.05) is 12.1 Å². The van der Waals surface area contributed by atoms with Gasteiger partial charge in [0, 0.05) is 43.0 Å². The van der Waals surface area contributed by atoms with Crippen molar-refractivity contribution in [1.29, 1.82) is 0 Å². The molecule has 0 radical (unpaired) electrons. The molecule has 1 amide bonds. The van der Waals surface area contributed by atoms with E-state index in [0.717, 1.165) is 24.3 Å². The quantitative estimate of drug-likeness (QED) is 0.101. The Morgan fingerprint density at radius 3 is 2.38 bits per heavy atom. The van der Waals surface area contributed by atoms with E-state index in [1.165, 1.54) is 47.0 Å². The van der Waals surface area contributed by atoms with Crippen molar-refractivity contribution in [2.75, 3.05) is 11.9 Å². The van der Waals surface area contributed by atoms with Crippen molar-refractivity contribution in [2.45, 2.75) is 51.0 Å². The van der Waals surface area contributed by atoms with Crippen molar-refractivity contribution < 1.29 is 35.9 Å². The van der Waals surface area contributed by atoms with Crippen LogP contribution in [-0.4, -0.2) is 44.4 Å². The molecule has 0 unspecified atom stereocenters. The fraction of sp³-hybridized carbons (Fsp3) is 0.286. The second-order valence-electron chi connectivity index (χ2n) is 11.9. The Hall–Kier alpha value is -4.91. The number of nitrogens with zero attached hydrogens (tertiary/aromatic N) is 3. The van der Waals surface area contributed by atoms with Crippen molar-refractivity contribution >= 4 is 33.9 Å². The number of alkyl halides is 4. The maximum absolute atomic E-state index is 15.1. The summed E-state index contributed by atoms with van der Waals surface area (Å²) in [6, 6.07) is 9.91. The molecule has 5 aromatic rings. The van der Waals surface area contributed by atoms with Gasteiger partial charge in [-0.25, -0.2) is 18.2 Å². The minimum atomic E-state index is -4.70. The molecule has 1 aliphatic rings. The first kappa shape index (κ1) is 33.0. The highest BCUT2D eigenvalue weighted by Gasteiger charge is 2.35. The number of aromatic nitrogens is 3. The van der Waals surface area contributed by atoms with Crippen LogP contribution in [0, 0.1) is 18.6 Å². The second kappa shape index (κ2) is 12.9. The molecule has 0 spiro atoms. The third kappa shape index (κ3) is 6.46. The molecule has 2 aromatic carbocycles. The molecule has 2 N–H and O–H groups in total. The van der Waals surface area contributed by atoms with E-state index in [-0.39, 0.29) is 33.9 Å². The van der Waals surface area contributed by atoms with E-state index in [2.05, 4.69) is 15.6 Å². The standard InChI is InChI=1S/C35H31F6N5O2/c1-19-43-28-17-24(25(35(39,40)41)18-31(28)45(19)2)23-5-4-14-46-29(23)11-12-30(46)34(48)20-15-26(37)33(27(38)16-20)44-32(47)6-3-13-42-22-9-7-21(36)8-10-22/h3-6,11-12,14-18,21-22,42H,7-10,13H2,1-2H3,(H,44,47)/b6-3+. The average molecular weight is 668 g/mol. The van der Waals surface area contributed by atoms with Gasteiger partial charge in [0.25, 0.3) is 0 Å². The van der Waals surface area contributed by atoms with Crippen LogP contribution < -0.4 is 10.6 Å². The summed E-state index contributed by atoms with van der Waals surface area (Å²) >= 11 is 0. The number of anilines is 1. The van der Waals surface area contributed by atoms with Crippen molar-refractivity contribution in [3.8, 4) is 11.1 Å². The lowest BCUT2D eigenvalue weighted by Crippen LogP contribution is -2.33. The molecule has 1 aliphatic carbocycles. The molecule has 3 aromatic heterocycles. The minimum Gasteiger partial charge on any atom is -0.331 e. The van der Waals surface area contributed by atoms with Gasteiger partial charge in [-0.05, 0) is 80.6 Å². The van der Waals surface area contributed by atoms with Crippen LogP contribution in [-0.2, 0) is 18.0 Å². The molecule has 0 saturated heterocycles. The first-order valence-corrected chi connectivity index (χ1v) is 15.3. The average Bonchev–Trinajstić information content (AvgIpc) is 3.60. The van der Waals surface area contributed by atoms with Crippen molar-refractivity contribution in [1.82, 2.24) is 19.3 Å². The Morgan fingerprint density at radius 2 is 1.69 bits per heavy atom. The number of carbonyl (C=O) groups is 2. The van der Waals surface area contributed by atoms with Crippen molar-refractivity contribution in [3.63, 3.8) is 0 Å². The smallest absolute Gasteiger partial charge is 0.331 e. The van der Waals surface area contributed by atoms with Gasteiger partial charge in [0.1, 0.15) is 29.3 Å². The van der Waals surface area contributed by atoms with E-state index in [0.29, 0.717) is 49.1 Å². The number of benzene rings is 2. The molecule has 1 fully saturated rings. The summed E-state index contributed by atoms with van der Waals surface area (Å²) in [6.45, 7) is 2.00. The second-order valence-corrected chi connectivity index (χ2v) is 11.9. The van der Waals surface area contributed by atoms with Gasteiger partial charge in [0.15, 0.2) is 0 Å². The van der Waals surface area contributed by atoms with Gasteiger partial charge < -0.3 is 19.6 Å². The highest BCUT2D eigenvalue weighted by molar-refractivity contribution is 6.09. The summed E-state index contributed by atoms with van der Waals surface area (Å²) in [6.07, 6.45) is 0.917. The lowest BCUT2D eigenvalue weighted by Gasteiger charge is -2.24. The zero-order chi connectivity index (χ0) is 34.3. The molecular weight excluding hydrogens is 636 g/mol. The number of hydrogen-bond donors (Lipinski definition) is 2. The van der Waals surface area contributed by atoms with Crippen molar-refractivity contribution in [3.05, 3.63) is 101 Å². The first-order chi connectivity index (χ1) is 22.8. The number of hydrogen-bond acceptors (Lipinski definition) is 4. The van der Waals surface area contributed by atoms with Crippen LogP contribution in [0.4, 0.5) is 32.0 Å². The van der Waals surface area contributed by atoms with E-state index >= 15 is 8.78 Å². The van der Waals surface area contributed by atoms with E-state index < -0.39 is 46.9 Å². The highest BCUT2D eigenvalue weighted by atomic mass is 19.4. The van der Waals surface area contributed by atoms with E-state index in [1.807, 2.05) is 0 Å². The van der Waals surface area contributed by atoms with Crippen LogP contribution in [0.3, 0.4) is 0 Å². The number of pyridine rings is 1. The van der Waals surface area contributed by atoms with Crippen LogP contribution in [0.5, 0.6) is 0 Å². The third-order valence-electron chi connectivity index (χ3n) is 8.77.